The molecule has 0 aromatic rings. The summed E-state index contributed by atoms with van der Waals surface area (Å²) in [6.07, 6.45) is 11.7. The molecule has 0 saturated heterocycles. The Kier molecular flexibility index (Phi) is 14.2. The number of carbonyl (C=O) groups is 1. The van der Waals surface area contributed by atoms with E-state index in [1.165, 1.54) is 26.4 Å². The summed E-state index contributed by atoms with van der Waals surface area (Å²) < 4.78 is 34.8. The van der Waals surface area contributed by atoms with Crippen LogP contribution in [0, 0.1) is 29.6 Å². The molecule has 256 valence electrons. The summed E-state index contributed by atoms with van der Waals surface area (Å²) in [7, 11) is -2.82. The van der Waals surface area contributed by atoms with Gasteiger partial charge in [0.1, 0.15) is 6.17 Å². The van der Waals surface area contributed by atoms with Crippen LogP contribution in [0.5, 0.6) is 0 Å². The Labute approximate surface area is 272 Å². The summed E-state index contributed by atoms with van der Waals surface area (Å²) in [5.74, 6) is -0.381. The zero-order valence-corrected chi connectivity index (χ0v) is 32.4. The second kappa shape index (κ2) is 15.9. The number of halogens is 1. The van der Waals surface area contributed by atoms with E-state index in [-0.39, 0.29) is 46.0 Å². The van der Waals surface area contributed by atoms with E-state index < -0.39 is 34.8 Å². The van der Waals surface area contributed by atoms with Gasteiger partial charge in [0.05, 0.1) is 31.3 Å². The third-order valence-electron chi connectivity index (χ3n) is 11.1. The van der Waals surface area contributed by atoms with Gasteiger partial charge in [-0.05, 0) is 73.8 Å². The van der Waals surface area contributed by atoms with E-state index in [0.717, 1.165) is 12.8 Å². The van der Waals surface area contributed by atoms with Crippen LogP contribution < -0.4 is 0 Å². The number of hydrogen-bond donors (Lipinski definition) is 1. The Morgan fingerprint density at radius 1 is 1.02 bits per heavy atom. The maximum Gasteiger partial charge on any atom is 0.308 e. The van der Waals surface area contributed by atoms with Gasteiger partial charge in [-0.2, -0.15) is 0 Å². The number of ether oxygens (including phenoxy) is 1. The zero-order chi connectivity index (χ0) is 33.7. The van der Waals surface area contributed by atoms with Crippen LogP contribution in [0.25, 0.3) is 0 Å². The second-order valence-electron chi connectivity index (χ2n) is 16.9. The molecule has 0 radical (unpaired) electrons. The van der Waals surface area contributed by atoms with Crippen molar-refractivity contribution in [2.45, 2.75) is 161 Å². The van der Waals surface area contributed by atoms with E-state index in [1.807, 2.05) is 6.08 Å². The summed E-state index contributed by atoms with van der Waals surface area (Å²) in [5, 5.41) is 11.4. The third kappa shape index (κ3) is 10.9. The topological polar surface area (TPSA) is 65.0 Å². The van der Waals surface area contributed by atoms with E-state index in [9.17, 15) is 9.90 Å². The first-order chi connectivity index (χ1) is 20.1. The van der Waals surface area contributed by atoms with Crippen molar-refractivity contribution in [3.8, 4) is 0 Å². The first-order valence-electron chi connectivity index (χ1n) is 17.3. The van der Waals surface area contributed by atoms with Gasteiger partial charge in [-0.1, -0.05) is 99.0 Å². The average molecular weight is 655 g/mol. The van der Waals surface area contributed by atoms with Crippen LogP contribution in [0.4, 0.5) is 4.39 Å². The number of aliphatic hydroxyl groups excluding tert-OH is 1. The van der Waals surface area contributed by atoms with Gasteiger partial charge in [0.25, 0.3) is 0 Å². The fourth-order valence-electron chi connectivity index (χ4n) is 5.92. The van der Waals surface area contributed by atoms with Crippen molar-refractivity contribution in [2.24, 2.45) is 29.6 Å². The minimum atomic E-state index is -2.17. The molecular formula is C36H67FO5Si2. The summed E-state index contributed by atoms with van der Waals surface area (Å²) in [6, 6.07) is 0. The van der Waals surface area contributed by atoms with Gasteiger partial charge in [0.2, 0.25) is 0 Å². The van der Waals surface area contributed by atoms with Crippen LogP contribution in [-0.2, 0) is 18.4 Å². The van der Waals surface area contributed by atoms with Crippen molar-refractivity contribution in [2.75, 3.05) is 7.11 Å². The average Bonchev–Trinajstić information content (AvgIpc) is 3.59. The predicted octanol–water partition coefficient (Wildman–Crippen LogP) is 9.63. The monoisotopic (exact) mass is 654 g/mol. The van der Waals surface area contributed by atoms with Gasteiger partial charge in [0.15, 0.2) is 16.6 Å². The number of rotatable bonds is 16. The van der Waals surface area contributed by atoms with Gasteiger partial charge in [-0.15, -0.1) is 0 Å². The molecule has 2 saturated carbocycles. The quantitative estimate of drug-likeness (QED) is 0.102. The molecule has 0 heterocycles. The van der Waals surface area contributed by atoms with Crippen molar-refractivity contribution in [3.63, 3.8) is 0 Å². The van der Waals surface area contributed by atoms with Gasteiger partial charge in [-0.25, -0.2) is 4.39 Å². The molecule has 9 atom stereocenters. The largest absolute Gasteiger partial charge is 0.469 e. The maximum atomic E-state index is 16.1. The molecule has 2 aliphatic carbocycles. The molecule has 2 rings (SSSR count). The van der Waals surface area contributed by atoms with E-state index in [2.05, 4.69) is 93.7 Å². The standard InChI is InChI=1S/C36H67FO5Si2/c1-14-15-17-25(2)22-27(41-43(10,11)35(3,4)5)20-21-28-32(42-44(12,13)36(6,7)8)24-31(38)33(28)30(37)19-16-18-26-23-29(26)34(39)40-9/h16,19-21,25-33,38H,14-15,17-18,22-24H2,1-13H3/b19-16-,21-20+/t25-,26?,27+,28-,29?,30-,31-,32+,33-/m0/s1. The highest BCUT2D eigenvalue weighted by atomic mass is 28.4. The van der Waals surface area contributed by atoms with Crippen molar-refractivity contribution >= 4 is 22.6 Å². The molecule has 2 fully saturated rings. The number of alkyl halides is 1. The molecule has 5 nitrogen and oxygen atoms in total. The lowest BCUT2D eigenvalue weighted by Crippen LogP contribution is -2.45. The number of aliphatic hydroxyl groups is 1. The lowest BCUT2D eigenvalue weighted by atomic mass is 9.87. The first-order valence-corrected chi connectivity index (χ1v) is 23.1. The van der Waals surface area contributed by atoms with Gasteiger partial charge in [-0.3, -0.25) is 4.79 Å². The maximum absolute atomic E-state index is 16.1. The summed E-state index contributed by atoms with van der Waals surface area (Å²) in [5.41, 5.74) is 0. The lowest BCUT2D eigenvalue weighted by Gasteiger charge is -2.40. The molecular weight excluding hydrogens is 588 g/mol. The van der Waals surface area contributed by atoms with Crippen LogP contribution in [0.15, 0.2) is 24.3 Å². The van der Waals surface area contributed by atoms with Crippen molar-refractivity contribution in [1.29, 1.82) is 0 Å². The Morgan fingerprint density at radius 3 is 2.18 bits per heavy atom. The Bertz CT molecular complexity index is 967. The highest BCUT2D eigenvalue weighted by molar-refractivity contribution is 6.74. The number of hydrogen-bond acceptors (Lipinski definition) is 5. The molecule has 8 heteroatoms. The van der Waals surface area contributed by atoms with Gasteiger partial charge in [0, 0.05) is 11.8 Å². The first kappa shape index (κ1) is 39.4. The van der Waals surface area contributed by atoms with Crippen molar-refractivity contribution in [1.82, 2.24) is 0 Å². The predicted molar refractivity (Wildman–Crippen MR) is 186 cm³/mol. The molecule has 44 heavy (non-hydrogen) atoms. The number of allylic oxidation sites excluding steroid dienone is 2. The van der Waals surface area contributed by atoms with Gasteiger partial charge < -0.3 is 18.7 Å². The molecule has 0 aromatic carbocycles. The molecule has 1 N–H and O–H groups in total. The smallest absolute Gasteiger partial charge is 0.308 e. The van der Waals surface area contributed by atoms with Crippen molar-refractivity contribution < 1.29 is 27.9 Å². The SMILES string of the molecule is CCCC[C@H](C)C[C@@H](/C=C/[C@@H]1[C@@H]([C@@H](F)/C=C\CC2CC2C(=O)OC)[C@@H](O)C[C@H]1O[Si](C)(C)C(C)(C)C)O[Si](C)(C)C(C)(C)C. The number of carbonyl (C=O) groups excluding carboxylic acids is 1. The van der Waals surface area contributed by atoms with E-state index in [1.54, 1.807) is 6.08 Å². The Morgan fingerprint density at radius 2 is 1.64 bits per heavy atom. The highest BCUT2D eigenvalue weighted by Gasteiger charge is 2.50. The van der Waals surface area contributed by atoms with E-state index in [0.29, 0.717) is 18.8 Å². The van der Waals surface area contributed by atoms with Crippen LogP contribution in [0.2, 0.25) is 36.3 Å². The zero-order valence-electron chi connectivity index (χ0n) is 30.4. The summed E-state index contributed by atoms with van der Waals surface area (Å²) >= 11 is 0. The number of esters is 1. The van der Waals surface area contributed by atoms with Gasteiger partial charge >= 0.3 is 5.97 Å². The Hall–Kier alpha value is -0.806. The fourth-order valence-corrected chi connectivity index (χ4v) is 8.56. The number of methoxy groups -OCH3 is 1. The fraction of sp³-hybridized carbons (Fsp3) is 0.861. The van der Waals surface area contributed by atoms with Crippen LogP contribution in [-0.4, -0.2) is 59.3 Å². The lowest BCUT2D eigenvalue weighted by molar-refractivity contribution is -0.142. The van der Waals surface area contributed by atoms with E-state index >= 15 is 4.39 Å². The van der Waals surface area contributed by atoms with Crippen LogP contribution >= 0.6 is 0 Å². The van der Waals surface area contributed by atoms with Crippen LogP contribution in [0.1, 0.15) is 100 Å². The molecule has 0 amide bonds. The number of unbranched alkanes of at least 4 members (excludes halogenated alkanes) is 1. The molecule has 0 bridgehead atoms. The second-order valence-corrected chi connectivity index (χ2v) is 26.4. The van der Waals surface area contributed by atoms with E-state index in [4.69, 9.17) is 13.6 Å². The molecule has 0 spiro atoms. The molecule has 0 aliphatic heterocycles. The minimum absolute atomic E-state index is 0.00243. The molecule has 0 aromatic heterocycles. The summed E-state index contributed by atoms with van der Waals surface area (Å²) in [6.45, 7) is 27.0. The molecule has 2 unspecified atom stereocenters. The van der Waals surface area contributed by atoms with Crippen LogP contribution in [0.3, 0.4) is 0 Å². The normalized spacial score (nSPS) is 28.9. The highest BCUT2D eigenvalue weighted by Crippen LogP contribution is 2.46. The molecule has 2 aliphatic rings. The minimum Gasteiger partial charge on any atom is -0.469 e. The third-order valence-corrected chi connectivity index (χ3v) is 20.1. The Balaban J connectivity index is 2.37. The van der Waals surface area contributed by atoms with Crippen molar-refractivity contribution in [3.05, 3.63) is 24.3 Å². The summed E-state index contributed by atoms with van der Waals surface area (Å²) in [4.78, 5) is 11.8.